The molecular weight excluding hydrogens is 213 g/mol. The van der Waals surface area contributed by atoms with Crippen LogP contribution < -0.4 is 5.23 Å². The lowest BCUT2D eigenvalue weighted by atomic mass is 9.69. The summed E-state index contributed by atoms with van der Waals surface area (Å²) in [5.41, 5.74) is 1.36. The molecule has 0 radical (unpaired) electrons. The molecule has 0 aliphatic heterocycles. The molecule has 0 heterocycles. The minimum atomic E-state index is 0.240. The van der Waals surface area contributed by atoms with E-state index in [2.05, 4.69) is 29.5 Å². The summed E-state index contributed by atoms with van der Waals surface area (Å²) < 4.78 is 4.85. The van der Waals surface area contributed by atoms with Crippen LogP contribution in [0.25, 0.3) is 0 Å². The Morgan fingerprint density at radius 1 is 1.41 bits per heavy atom. The van der Waals surface area contributed by atoms with Crippen LogP contribution >= 0.6 is 0 Å². The number of carbonyl (C=O) groups excluding carboxylic acids is 1. The van der Waals surface area contributed by atoms with Crippen LogP contribution in [0.5, 0.6) is 0 Å². The van der Waals surface area contributed by atoms with Gasteiger partial charge in [-0.2, -0.15) is 0 Å². The largest absolute Gasteiger partial charge is 0.427 e. The van der Waals surface area contributed by atoms with Crippen molar-refractivity contribution >= 4 is 13.4 Å². The van der Waals surface area contributed by atoms with Gasteiger partial charge in [0.2, 0.25) is 0 Å². The third kappa shape index (κ3) is 3.17. The van der Waals surface area contributed by atoms with Crippen molar-refractivity contribution < 1.29 is 9.45 Å². The standard InChI is InChI=1S/C13H18BNO2/c1-17-14-15-9-13(16)12-7-11(8-12)10-5-3-2-4-6-10/h2-6,11-12,14-15H,7-9H2,1H3. The fraction of sp³-hybridized carbons (Fsp3) is 0.462. The highest BCUT2D eigenvalue weighted by Gasteiger charge is 2.34. The van der Waals surface area contributed by atoms with Gasteiger partial charge in [0.05, 0.1) is 0 Å². The fourth-order valence-electron chi connectivity index (χ4n) is 2.30. The minimum absolute atomic E-state index is 0.240. The van der Waals surface area contributed by atoms with Crippen molar-refractivity contribution in [1.29, 1.82) is 0 Å². The second-order valence-electron chi connectivity index (χ2n) is 4.60. The van der Waals surface area contributed by atoms with Gasteiger partial charge in [0.1, 0.15) is 5.78 Å². The summed E-state index contributed by atoms with van der Waals surface area (Å²) in [5, 5.41) is 2.97. The smallest absolute Gasteiger partial charge is 0.360 e. The van der Waals surface area contributed by atoms with Gasteiger partial charge in [-0.1, -0.05) is 30.3 Å². The third-order valence-electron chi connectivity index (χ3n) is 3.41. The predicted molar refractivity (Wildman–Crippen MR) is 69.1 cm³/mol. The molecule has 0 bridgehead atoms. The van der Waals surface area contributed by atoms with E-state index in [1.807, 2.05) is 6.07 Å². The van der Waals surface area contributed by atoms with Crippen molar-refractivity contribution in [3.05, 3.63) is 35.9 Å². The van der Waals surface area contributed by atoms with Crippen LogP contribution in [-0.2, 0) is 9.45 Å². The topological polar surface area (TPSA) is 38.3 Å². The second kappa shape index (κ2) is 5.98. The number of nitrogens with one attached hydrogen (secondary N) is 1. The average Bonchev–Trinajstić information content (AvgIpc) is 2.29. The van der Waals surface area contributed by atoms with Crippen molar-refractivity contribution in [2.24, 2.45) is 5.92 Å². The Morgan fingerprint density at radius 2 is 2.12 bits per heavy atom. The quantitative estimate of drug-likeness (QED) is 0.591. The lowest BCUT2D eigenvalue weighted by molar-refractivity contribution is -0.124. The molecule has 1 aliphatic carbocycles. The van der Waals surface area contributed by atoms with Crippen LogP contribution in [0.15, 0.2) is 30.3 Å². The molecule has 1 N–H and O–H groups in total. The molecule has 1 fully saturated rings. The first-order chi connectivity index (χ1) is 8.31. The highest BCUT2D eigenvalue weighted by Crippen LogP contribution is 2.41. The lowest BCUT2D eigenvalue weighted by Crippen LogP contribution is -2.37. The van der Waals surface area contributed by atoms with Gasteiger partial charge in [0.25, 0.3) is 0 Å². The van der Waals surface area contributed by atoms with Gasteiger partial charge >= 0.3 is 7.62 Å². The van der Waals surface area contributed by atoms with E-state index in [1.54, 1.807) is 7.11 Å². The number of Topliss-reactive ketones (excluding diaryl/α,β-unsaturated/α-hetero) is 1. The number of benzene rings is 1. The van der Waals surface area contributed by atoms with E-state index in [0.29, 0.717) is 25.9 Å². The molecule has 4 heteroatoms. The number of hydrogen-bond donors (Lipinski definition) is 1. The van der Waals surface area contributed by atoms with Crippen molar-refractivity contribution in [3.63, 3.8) is 0 Å². The Balaban J connectivity index is 1.73. The Bertz CT molecular complexity index is 363. The van der Waals surface area contributed by atoms with Gasteiger partial charge < -0.3 is 9.88 Å². The number of carbonyl (C=O) groups is 1. The molecule has 0 unspecified atom stereocenters. The molecule has 2 rings (SSSR count). The van der Waals surface area contributed by atoms with E-state index < -0.39 is 0 Å². The van der Waals surface area contributed by atoms with Gasteiger partial charge in [0, 0.05) is 19.6 Å². The average molecular weight is 231 g/mol. The van der Waals surface area contributed by atoms with Crippen LogP contribution in [0, 0.1) is 5.92 Å². The minimum Gasteiger partial charge on any atom is -0.427 e. The highest BCUT2D eigenvalue weighted by atomic mass is 16.4. The fourth-order valence-corrected chi connectivity index (χ4v) is 2.30. The van der Waals surface area contributed by atoms with Gasteiger partial charge in [-0.25, -0.2) is 0 Å². The van der Waals surface area contributed by atoms with Crippen molar-refractivity contribution in [3.8, 4) is 0 Å². The molecule has 0 amide bonds. The summed E-state index contributed by atoms with van der Waals surface area (Å²) in [6, 6.07) is 10.4. The van der Waals surface area contributed by atoms with Crippen LogP contribution in [0.1, 0.15) is 24.3 Å². The molecule has 0 aromatic heterocycles. The monoisotopic (exact) mass is 231 g/mol. The first-order valence-electron chi connectivity index (χ1n) is 6.08. The van der Waals surface area contributed by atoms with Gasteiger partial charge in [-0.15, -0.1) is 0 Å². The second-order valence-corrected chi connectivity index (χ2v) is 4.60. The molecule has 1 aromatic carbocycles. The van der Waals surface area contributed by atoms with Crippen molar-refractivity contribution in [2.75, 3.05) is 13.7 Å². The summed E-state index contributed by atoms with van der Waals surface area (Å²) >= 11 is 0. The van der Waals surface area contributed by atoms with Gasteiger partial charge in [-0.3, -0.25) is 4.79 Å². The zero-order valence-electron chi connectivity index (χ0n) is 10.2. The van der Waals surface area contributed by atoms with E-state index >= 15 is 0 Å². The summed E-state index contributed by atoms with van der Waals surface area (Å²) in [5.74, 6) is 1.13. The molecule has 1 aliphatic rings. The molecule has 1 saturated carbocycles. The summed E-state index contributed by atoms with van der Waals surface area (Å²) in [6.45, 7) is 0.431. The maximum absolute atomic E-state index is 11.8. The summed E-state index contributed by atoms with van der Waals surface area (Å²) in [6.07, 6.45) is 2.00. The molecule has 0 atom stereocenters. The van der Waals surface area contributed by atoms with Crippen molar-refractivity contribution in [2.45, 2.75) is 18.8 Å². The van der Waals surface area contributed by atoms with E-state index in [9.17, 15) is 4.79 Å². The van der Waals surface area contributed by atoms with Crippen LogP contribution in [-0.4, -0.2) is 27.1 Å². The Hall–Kier alpha value is -1.13. The maximum atomic E-state index is 11.8. The van der Waals surface area contributed by atoms with Gasteiger partial charge in [-0.05, 0) is 24.3 Å². The Morgan fingerprint density at radius 3 is 2.76 bits per heavy atom. The van der Waals surface area contributed by atoms with E-state index in [1.165, 1.54) is 5.56 Å². The lowest BCUT2D eigenvalue weighted by Gasteiger charge is -2.34. The summed E-state index contributed by atoms with van der Waals surface area (Å²) in [7, 11) is 2.06. The first-order valence-corrected chi connectivity index (χ1v) is 6.08. The molecular formula is C13H18BNO2. The predicted octanol–water partition coefficient (Wildman–Crippen LogP) is 1.25. The molecule has 17 heavy (non-hydrogen) atoms. The normalized spacial score (nSPS) is 22.9. The molecule has 0 spiro atoms. The summed E-state index contributed by atoms with van der Waals surface area (Å²) in [4.78, 5) is 11.8. The zero-order chi connectivity index (χ0) is 12.1. The first kappa shape index (κ1) is 12.3. The molecule has 0 saturated heterocycles. The van der Waals surface area contributed by atoms with Gasteiger partial charge in [0.15, 0.2) is 0 Å². The highest BCUT2D eigenvalue weighted by molar-refractivity contribution is 6.24. The molecule has 1 aromatic rings. The van der Waals surface area contributed by atoms with Crippen LogP contribution in [0.3, 0.4) is 0 Å². The number of rotatable bonds is 6. The molecule has 90 valence electrons. The number of ketones is 1. The molecule has 3 nitrogen and oxygen atoms in total. The van der Waals surface area contributed by atoms with E-state index in [0.717, 1.165) is 12.8 Å². The Kier molecular flexibility index (Phi) is 4.34. The van der Waals surface area contributed by atoms with Crippen LogP contribution in [0.2, 0.25) is 0 Å². The SMILES string of the molecule is COBNCC(=O)C1CC(c2ccccc2)C1. The van der Waals surface area contributed by atoms with Crippen molar-refractivity contribution in [1.82, 2.24) is 5.23 Å². The van der Waals surface area contributed by atoms with Crippen LogP contribution in [0.4, 0.5) is 0 Å². The third-order valence-corrected chi connectivity index (χ3v) is 3.41. The maximum Gasteiger partial charge on any atom is 0.360 e. The van der Waals surface area contributed by atoms with E-state index in [4.69, 9.17) is 4.65 Å². The Labute approximate surface area is 103 Å². The van der Waals surface area contributed by atoms with E-state index in [-0.39, 0.29) is 5.92 Å². The zero-order valence-corrected chi connectivity index (χ0v) is 10.2. The number of hydrogen-bond acceptors (Lipinski definition) is 3.